The van der Waals surface area contributed by atoms with Crippen LogP contribution in [0.25, 0.3) is 0 Å². The van der Waals surface area contributed by atoms with Gasteiger partial charge in [0.2, 0.25) is 11.8 Å². The SMILES string of the molecule is CN(Cc1c(F)cccc1Cl)C(=O)CN1C(=O)CSc2ccccc21. The van der Waals surface area contributed by atoms with Gasteiger partial charge in [0, 0.05) is 29.1 Å². The third kappa shape index (κ3) is 3.80. The highest BCUT2D eigenvalue weighted by Gasteiger charge is 2.27. The lowest BCUT2D eigenvalue weighted by Crippen LogP contribution is -2.43. The second-order valence-electron chi connectivity index (χ2n) is 5.69. The Bertz CT molecular complexity index is 810. The van der Waals surface area contributed by atoms with Crippen molar-refractivity contribution in [1.29, 1.82) is 0 Å². The molecule has 0 N–H and O–H groups in total. The maximum Gasteiger partial charge on any atom is 0.242 e. The molecule has 7 heteroatoms. The summed E-state index contributed by atoms with van der Waals surface area (Å²) in [7, 11) is 1.57. The van der Waals surface area contributed by atoms with Crippen molar-refractivity contribution >= 4 is 40.9 Å². The van der Waals surface area contributed by atoms with E-state index >= 15 is 0 Å². The highest BCUT2D eigenvalue weighted by Crippen LogP contribution is 2.34. The summed E-state index contributed by atoms with van der Waals surface area (Å²) in [6.07, 6.45) is 0. The summed E-state index contributed by atoms with van der Waals surface area (Å²) in [5.41, 5.74) is 0.996. The van der Waals surface area contributed by atoms with Crippen molar-refractivity contribution < 1.29 is 14.0 Å². The molecular formula is C18H16ClFN2O2S. The first-order valence-electron chi connectivity index (χ1n) is 7.66. The van der Waals surface area contributed by atoms with Gasteiger partial charge in [-0.1, -0.05) is 29.8 Å². The lowest BCUT2D eigenvalue weighted by Gasteiger charge is -2.30. The molecule has 2 aromatic rings. The van der Waals surface area contributed by atoms with Crippen molar-refractivity contribution in [2.24, 2.45) is 0 Å². The Kier molecular flexibility index (Phi) is 5.30. The number of anilines is 1. The molecule has 0 aliphatic carbocycles. The average Bonchev–Trinajstić information content (AvgIpc) is 2.60. The molecule has 0 aromatic heterocycles. The second-order valence-corrected chi connectivity index (χ2v) is 7.11. The fraction of sp³-hybridized carbons (Fsp3) is 0.222. The van der Waals surface area contributed by atoms with Crippen LogP contribution in [0, 0.1) is 5.82 Å². The molecule has 0 atom stereocenters. The first kappa shape index (κ1) is 17.8. The van der Waals surface area contributed by atoms with E-state index in [1.807, 2.05) is 24.3 Å². The molecule has 2 amide bonds. The van der Waals surface area contributed by atoms with E-state index < -0.39 is 5.82 Å². The number of thioether (sulfide) groups is 1. The van der Waals surface area contributed by atoms with Crippen LogP contribution in [0.3, 0.4) is 0 Å². The lowest BCUT2D eigenvalue weighted by atomic mass is 10.2. The standard InChI is InChI=1S/C18H16ClFN2O2S/c1-21(9-12-13(19)5-4-6-14(12)20)17(23)10-22-15-7-2-3-8-16(15)25-11-18(22)24/h2-8H,9-11H2,1H3. The summed E-state index contributed by atoms with van der Waals surface area (Å²) in [6.45, 7) is -0.0399. The van der Waals surface area contributed by atoms with Gasteiger partial charge < -0.3 is 9.80 Å². The van der Waals surface area contributed by atoms with Crippen LogP contribution in [-0.4, -0.2) is 36.1 Å². The summed E-state index contributed by atoms with van der Waals surface area (Å²) >= 11 is 7.47. The van der Waals surface area contributed by atoms with Crippen LogP contribution >= 0.6 is 23.4 Å². The fourth-order valence-electron chi connectivity index (χ4n) is 2.59. The van der Waals surface area contributed by atoms with Gasteiger partial charge in [-0.15, -0.1) is 11.8 Å². The zero-order chi connectivity index (χ0) is 18.0. The van der Waals surface area contributed by atoms with Gasteiger partial charge in [0.1, 0.15) is 12.4 Å². The zero-order valence-electron chi connectivity index (χ0n) is 13.5. The highest BCUT2D eigenvalue weighted by molar-refractivity contribution is 8.00. The van der Waals surface area contributed by atoms with E-state index in [9.17, 15) is 14.0 Å². The van der Waals surface area contributed by atoms with Gasteiger partial charge >= 0.3 is 0 Å². The third-order valence-corrected chi connectivity index (χ3v) is 5.39. The normalized spacial score (nSPS) is 13.6. The van der Waals surface area contributed by atoms with Gasteiger partial charge in [-0.05, 0) is 24.3 Å². The van der Waals surface area contributed by atoms with Crippen LogP contribution in [0.5, 0.6) is 0 Å². The van der Waals surface area contributed by atoms with Crippen molar-refractivity contribution in [3.05, 3.63) is 58.9 Å². The van der Waals surface area contributed by atoms with Gasteiger partial charge in [0.05, 0.1) is 11.4 Å². The first-order valence-corrected chi connectivity index (χ1v) is 9.03. The largest absolute Gasteiger partial charge is 0.340 e. The van der Waals surface area contributed by atoms with Crippen LogP contribution < -0.4 is 4.90 Å². The Morgan fingerprint density at radius 1 is 1.28 bits per heavy atom. The number of hydrogen-bond donors (Lipinski definition) is 0. The lowest BCUT2D eigenvalue weighted by molar-refractivity contribution is -0.130. The molecule has 0 fully saturated rings. The van der Waals surface area contributed by atoms with E-state index in [-0.39, 0.29) is 35.5 Å². The smallest absolute Gasteiger partial charge is 0.242 e. The number of fused-ring (bicyclic) bond motifs is 1. The molecular weight excluding hydrogens is 363 g/mol. The molecule has 0 spiro atoms. The summed E-state index contributed by atoms with van der Waals surface area (Å²) in [5.74, 6) is -0.556. The molecule has 4 nitrogen and oxygen atoms in total. The minimum absolute atomic E-state index is 0.0444. The van der Waals surface area contributed by atoms with Crippen molar-refractivity contribution in [3.63, 3.8) is 0 Å². The highest BCUT2D eigenvalue weighted by atomic mass is 35.5. The Morgan fingerprint density at radius 3 is 2.80 bits per heavy atom. The third-order valence-electron chi connectivity index (χ3n) is 3.98. The zero-order valence-corrected chi connectivity index (χ0v) is 15.1. The van der Waals surface area contributed by atoms with Crippen molar-refractivity contribution in [2.75, 3.05) is 24.2 Å². The molecule has 3 rings (SSSR count). The van der Waals surface area contributed by atoms with Gasteiger partial charge in [-0.3, -0.25) is 9.59 Å². The number of para-hydroxylation sites is 1. The van der Waals surface area contributed by atoms with E-state index in [0.29, 0.717) is 5.75 Å². The molecule has 130 valence electrons. The van der Waals surface area contributed by atoms with Gasteiger partial charge in [0.15, 0.2) is 0 Å². The van der Waals surface area contributed by atoms with E-state index in [1.54, 1.807) is 13.1 Å². The predicted octanol–water partition coefficient (Wildman–Crippen LogP) is 3.58. The molecule has 1 heterocycles. The van der Waals surface area contributed by atoms with Crippen LogP contribution in [0.1, 0.15) is 5.56 Å². The molecule has 1 aliphatic heterocycles. The van der Waals surface area contributed by atoms with Crippen LogP contribution in [0.15, 0.2) is 47.4 Å². The maximum absolute atomic E-state index is 13.9. The van der Waals surface area contributed by atoms with Crippen molar-refractivity contribution in [3.8, 4) is 0 Å². The number of rotatable bonds is 4. The summed E-state index contributed by atoms with van der Waals surface area (Å²) in [4.78, 5) is 28.6. The number of halogens is 2. The number of likely N-dealkylation sites (N-methyl/N-ethyl adjacent to an activating group) is 1. The number of nitrogens with zero attached hydrogens (tertiary/aromatic N) is 2. The Balaban J connectivity index is 1.75. The fourth-order valence-corrected chi connectivity index (χ4v) is 3.75. The average molecular weight is 379 g/mol. The topological polar surface area (TPSA) is 40.6 Å². The molecule has 0 saturated carbocycles. The van der Waals surface area contributed by atoms with Crippen molar-refractivity contribution in [2.45, 2.75) is 11.4 Å². The Labute approximate surface area is 154 Å². The summed E-state index contributed by atoms with van der Waals surface area (Å²) in [5, 5.41) is 0.274. The quantitative estimate of drug-likeness (QED) is 0.816. The molecule has 0 radical (unpaired) electrons. The number of carbonyl (C=O) groups excluding carboxylic acids is 2. The maximum atomic E-state index is 13.9. The van der Waals surface area contributed by atoms with E-state index in [1.165, 1.54) is 33.7 Å². The van der Waals surface area contributed by atoms with Crippen LogP contribution in [-0.2, 0) is 16.1 Å². The molecule has 0 saturated heterocycles. The van der Waals surface area contributed by atoms with Gasteiger partial charge in [-0.25, -0.2) is 4.39 Å². The molecule has 1 aliphatic rings. The minimum Gasteiger partial charge on any atom is -0.340 e. The molecule has 0 bridgehead atoms. The molecule has 0 unspecified atom stereocenters. The predicted molar refractivity (Wildman–Crippen MR) is 97.4 cm³/mol. The summed E-state index contributed by atoms with van der Waals surface area (Å²) in [6, 6.07) is 11.9. The summed E-state index contributed by atoms with van der Waals surface area (Å²) < 4.78 is 13.9. The number of hydrogen-bond acceptors (Lipinski definition) is 3. The van der Waals surface area contributed by atoms with Crippen LogP contribution in [0.2, 0.25) is 5.02 Å². The van der Waals surface area contributed by atoms with E-state index in [4.69, 9.17) is 11.6 Å². The second kappa shape index (κ2) is 7.45. The minimum atomic E-state index is -0.456. The molecule has 25 heavy (non-hydrogen) atoms. The number of carbonyl (C=O) groups is 2. The van der Waals surface area contributed by atoms with Crippen molar-refractivity contribution in [1.82, 2.24) is 4.90 Å². The van der Waals surface area contributed by atoms with E-state index in [2.05, 4.69) is 0 Å². The number of amides is 2. The molecule has 2 aromatic carbocycles. The van der Waals surface area contributed by atoms with E-state index in [0.717, 1.165) is 10.6 Å². The Hall–Kier alpha value is -2.05. The monoisotopic (exact) mass is 378 g/mol. The Morgan fingerprint density at radius 2 is 2.04 bits per heavy atom. The van der Waals surface area contributed by atoms with Gasteiger partial charge in [-0.2, -0.15) is 0 Å². The van der Waals surface area contributed by atoms with Gasteiger partial charge in [0.25, 0.3) is 0 Å². The number of benzene rings is 2. The van der Waals surface area contributed by atoms with Crippen LogP contribution in [0.4, 0.5) is 10.1 Å². The first-order chi connectivity index (χ1) is 12.0.